The summed E-state index contributed by atoms with van der Waals surface area (Å²) in [5.41, 5.74) is 0.678. The fraction of sp³-hybridized carbons (Fsp3) is 0.222. The molecule has 6 nitrogen and oxygen atoms in total. The van der Waals surface area contributed by atoms with E-state index in [0.29, 0.717) is 22.0 Å². The highest BCUT2D eigenvalue weighted by atomic mass is 35.5. The number of halogens is 1. The molecule has 132 valence electrons. The van der Waals surface area contributed by atoms with Gasteiger partial charge in [-0.15, -0.1) is 0 Å². The second-order valence-electron chi connectivity index (χ2n) is 4.93. The molecule has 0 saturated heterocycles. The van der Waals surface area contributed by atoms with Crippen molar-refractivity contribution in [1.82, 2.24) is 5.32 Å². The number of amides is 2. The van der Waals surface area contributed by atoms with Crippen molar-refractivity contribution in [3.63, 3.8) is 0 Å². The highest BCUT2D eigenvalue weighted by Crippen LogP contribution is 2.22. The Hall–Kier alpha value is -2.73. The van der Waals surface area contributed by atoms with Crippen LogP contribution < -0.4 is 15.4 Å². The lowest BCUT2D eigenvalue weighted by Gasteiger charge is -2.12. The summed E-state index contributed by atoms with van der Waals surface area (Å²) in [6.07, 6.45) is 0. The zero-order valence-corrected chi connectivity index (χ0v) is 14.5. The van der Waals surface area contributed by atoms with Crippen molar-refractivity contribution in [2.45, 2.75) is 6.92 Å². The normalized spacial score (nSPS) is 10.0. The summed E-state index contributed by atoms with van der Waals surface area (Å²) in [5.74, 6) is 0.0690. The van der Waals surface area contributed by atoms with Gasteiger partial charge in [0.25, 0.3) is 0 Å². The monoisotopic (exact) mass is 362 g/mol. The van der Waals surface area contributed by atoms with E-state index in [9.17, 15) is 9.59 Å². The molecule has 0 atom stereocenters. The summed E-state index contributed by atoms with van der Waals surface area (Å²) < 4.78 is 10.4. The number of anilines is 1. The Morgan fingerprint density at radius 1 is 1.08 bits per heavy atom. The lowest BCUT2D eigenvalue weighted by molar-refractivity contribution is 0.0527. The number of hydrogen-bond acceptors (Lipinski definition) is 4. The molecule has 2 aromatic carbocycles. The predicted octanol–water partition coefficient (Wildman–Crippen LogP) is 3.72. The number of urea groups is 1. The molecule has 2 aromatic rings. The van der Waals surface area contributed by atoms with Crippen molar-refractivity contribution in [2.75, 3.05) is 25.1 Å². The maximum atomic E-state index is 12.0. The van der Waals surface area contributed by atoms with E-state index in [4.69, 9.17) is 21.1 Å². The molecule has 2 N–H and O–H groups in total. The highest BCUT2D eigenvalue weighted by Gasteiger charge is 2.13. The summed E-state index contributed by atoms with van der Waals surface area (Å²) in [6, 6.07) is 13.3. The molecule has 0 aromatic heterocycles. The molecule has 0 radical (unpaired) electrons. The van der Waals surface area contributed by atoms with Gasteiger partial charge in [-0.1, -0.05) is 35.9 Å². The number of para-hydroxylation sites is 2. The van der Waals surface area contributed by atoms with E-state index in [0.717, 1.165) is 0 Å². The first-order chi connectivity index (χ1) is 12.1. The third-order valence-corrected chi connectivity index (χ3v) is 3.46. The summed E-state index contributed by atoms with van der Waals surface area (Å²) in [5, 5.41) is 5.79. The number of rotatable bonds is 7. The lowest BCUT2D eigenvalue weighted by Crippen LogP contribution is -2.32. The fourth-order valence-corrected chi connectivity index (χ4v) is 2.22. The number of benzene rings is 2. The molecule has 0 unspecified atom stereocenters. The molecule has 0 aliphatic rings. The van der Waals surface area contributed by atoms with Gasteiger partial charge in [-0.3, -0.25) is 0 Å². The maximum absolute atomic E-state index is 12.0. The average molecular weight is 363 g/mol. The molecule has 0 aliphatic carbocycles. The van der Waals surface area contributed by atoms with Crippen LogP contribution in [-0.2, 0) is 4.74 Å². The zero-order valence-electron chi connectivity index (χ0n) is 13.8. The molecular formula is C18H19ClN2O4. The van der Waals surface area contributed by atoms with Crippen molar-refractivity contribution in [3.8, 4) is 5.75 Å². The Kier molecular flexibility index (Phi) is 7.10. The number of carbonyl (C=O) groups excluding carboxylic acids is 2. The van der Waals surface area contributed by atoms with E-state index in [1.54, 1.807) is 43.3 Å². The molecule has 0 aliphatic heterocycles. The second-order valence-corrected chi connectivity index (χ2v) is 5.33. The van der Waals surface area contributed by atoms with Crippen LogP contribution in [0, 0.1) is 0 Å². The lowest BCUT2D eigenvalue weighted by atomic mass is 10.2. The van der Waals surface area contributed by atoms with Gasteiger partial charge in [0.05, 0.1) is 29.4 Å². The van der Waals surface area contributed by atoms with E-state index in [2.05, 4.69) is 10.6 Å². The molecule has 7 heteroatoms. The quantitative estimate of drug-likeness (QED) is 0.581. The molecule has 0 fully saturated rings. The Labute approximate surface area is 151 Å². The Balaban J connectivity index is 1.83. The van der Waals surface area contributed by atoms with Crippen molar-refractivity contribution in [1.29, 1.82) is 0 Å². The minimum absolute atomic E-state index is 0.261. The van der Waals surface area contributed by atoms with Crippen LogP contribution in [-0.4, -0.2) is 31.8 Å². The minimum atomic E-state index is -0.486. The average Bonchev–Trinajstić information content (AvgIpc) is 2.61. The molecular weight excluding hydrogens is 344 g/mol. The molecule has 0 bridgehead atoms. The van der Waals surface area contributed by atoms with E-state index < -0.39 is 12.0 Å². The SMILES string of the molecule is CCOC(=O)c1ccccc1NC(=O)NCCOc1ccccc1Cl. The minimum Gasteiger partial charge on any atom is -0.490 e. The number of carbonyl (C=O) groups is 2. The van der Waals surface area contributed by atoms with E-state index in [-0.39, 0.29) is 19.8 Å². The van der Waals surface area contributed by atoms with E-state index in [1.807, 2.05) is 12.1 Å². The third kappa shape index (κ3) is 5.69. The second kappa shape index (κ2) is 9.54. The first-order valence-electron chi connectivity index (χ1n) is 7.80. The van der Waals surface area contributed by atoms with Crippen LogP contribution in [0.1, 0.15) is 17.3 Å². The summed E-state index contributed by atoms with van der Waals surface area (Å²) in [7, 11) is 0. The number of hydrogen-bond donors (Lipinski definition) is 2. The molecule has 0 heterocycles. The van der Waals surface area contributed by atoms with Crippen LogP contribution in [0.3, 0.4) is 0 Å². The summed E-state index contributed by atoms with van der Waals surface area (Å²) in [4.78, 5) is 23.8. The van der Waals surface area contributed by atoms with Crippen molar-refractivity contribution in [2.24, 2.45) is 0 Å². The number of esters is 1. The summed E-state index contributed by atoms with van der Waals surface area (Å²) in [6.45, 7) is 2.52. The van der Waals surface area contributed by atoms with Crippen molar-refractivity contribution < 1.29 is 19.1 Å². The molecule has 0 spiro atoms. The van der Waals surface area contributed by atoms with Gasteiger partial charge in [0.2, 0.25) is 0 Å². The van der Waals surface area contributed by atoms with Crippen molar-refractivity contribution in [3.05, 3.63) is 59.1 Å². The molecule has 2 rings (SSSR count). The van der Waals surface area contributed by atoms with E-state index >= 15 is 0 Å². The number of ether oxygens (including phenoxy) is 2. The van der Waals surface area contributed by atoms with Gasteiger partial charge in [0.15, 0.2) is 0 Å². The van der Waals surface area contributed by atoms with Crippen LogP contribution in [0.2, 0.25) is 5.02 Å². The van der Waals surface area contributed by atoms with Gasteiger partial charge < -0.3 is 20.1 Å². The number of nitrogens with one attached hydrogen (secondary N) is 2. The smallest absolute Gasteiger partial charge is 0.340 e. The van der Waals surface area contributed by atoms with Crippen LogP contribution >= 0.6 is 11.6 Å². The Bertz CT molecular complexity index is 737. The predicted molar refractivity (Wildman–Crippen MR) is 96.4 cm³/mol. The first-order valence-corrected chi connectivity index (χ1v) is 8.18. The first kappa shape index (κ1) is 18.6. The van der Waals surface area contributed by atoms with Crippen LogP contribution in [0.5, 0.6) is 5.75 Å². The van der Waals surface area contributed by atoms with Crippen molar-refractivity contribution >= 4 is 29.3 Å². The van der Waals surface area contributed by atoms with Gasteiger partial charge >= 0.3 is 12.0 Å². The molecule has 25 heavy (non-hydrogen) atoms. The van der Waals surface area contributed by atoms with E-state index in [1.165, 1.54) is 0 Å². The fourth-order valence-electron chi connectivity index (χ4n) is 2.03. The van der Waals surface area contributed by atoms with Gasteiger partial charge in [-0.2, -0.15) is 0 Å². The van der Waals surface area contributed by atoms with Crippen LogP contribution in [0.25, 0.3) is 0 Å². The van der Waals surface area contributed by atoms with Gasteiger partial charge in [0.1, 0.15) is 12.4 Å². The molecule has 0 saturated carbocycles. The standard InChI is InChI=1S/C18H19ClN2O4/c1-2-24-17(22)13-7-3-5-9-15(13)21-18(23)20-11-12-25-16-10-6-4-8-14(16)19/h3-10H,2,11-12H2,1H3,(H2,20,21,23). The molecule has 2 amide bonds. The highest BCUT2D eigenvalue weighted by molar-refractivity contribution is 6.32. The topological polar surface area (TPSA) is 76.7 Å². The maximum Gasteiger partial charge on any atom is 0.340 e. The summed E-state index contributed by atoms with van der Waals surface area (Å²) >= 11 is 5.98. The largest absolute Gasteiger partial charge is 0.490 e. The Morgan fingerprint density at radius 2 is 1.80 bits per heavy atom. The zero-order chi connectivity index (χ0) is 18.1. The Morgan fingerprint density at radius 3 is 2.56 bits per heavy atom. The van der Waals surface area contributed by atoms with Gasteiger partial charge in [-0.05, 0) is 31.2 Å². The van der Waals surface area contributed by atoms with Gasteiger partial charge in [0, 0.05) is 0 Å². The van der Waals surface area contributed by atoms with Crippen LogP contribution in [0.15, 0.2) is 48.5 Å². The third-order valence-electron chi connectivity index (χ3n) is 3.15. The van der Waals surface area contributed by atoms with Crippen LogP contribution in [0.4, 0.5) is 10.5 Å². The van der Waals surface area contributed by atoms with Gasteiger partial charge in [-0.25, -0.2) is 9.59 Å².